The van der Waals surface area contributed by atoms with Gasteiger partial charge in [-0.3, -0.25) is 14.9 Å². The Hall–Kier alpha value is -1.92. The van der Waals surface area contributed by atoms with Gasteiger partial charge in [-0.1, -0.05) is 0 Å². The molecule has 0 fully saturated rings. The van der Waals surface area contributed by atoms with Crippen molar-refractivity contribution in [2.45, 2.75) is 6.18 Å². The molecule has 0 aliphatic carbocycles. The number of nitro groups is 1. The molecule has 0 aliphatic rings. The van der Waals surface area contributed by atoms with Crippen molar-refractivity contribution >= 4 is 45.8 Å². The first-order valence-electron chi connectivity index (χ1n) is 5.02. The zero-order valence-corrected chi connectivity index (χ0v) is 12.3. The molecule has 0 heterocycles. The minimum absolute atomic E-state index is 0.111. The van der Waals surface area contributed by atoms with Crippen molar-refractivity contribution in [3.63, 3.8) is 0 Å². The van der Waals surface area contributed by atoms with E-state index in [0.29, 0.717) is 0 Å². The summed E-state index contributed by atoms with van der Waals surface area (Å²) in [5.74, 6) is -3.25. The van der Waals surface area contributed by atoms with Crippen molar-refractivity contribution in [2.24, 2.45) is 0 Å². The Morgan fingerprint density at radius 1 is 1.38 bits per heavy atom. The molecule has 0 bridgehead atoms. The predicted octanol–water partition coefficient (Wildman–Crippen LogP) is 2.49. The molecule has 21 heavy (non-hydrogen) atoms. The van der Waals surface area contributed by atoms with Crippen molar-refractivity contribution in [1.82, 2.24) is 0 Å². The molecule has 0 atom stereocenters. The number of esters is 1. The van der Waals surface area contributed by atoms with Crippen LogP contribution >= 0.6 is 22.6 Å². The van der Waals surface area contributed by atoms with Crippen LogP contribution < -0.4 is 5.32 Å². The summed E-state index contributed by atoms with van der Waals surface area (Å²) in [6.45, 7) is 0. The van der Waals surface area contributed by atoms with E-state index in [-0.39, 0.29) is 9.13 Å². The number of amides is 1. The molecule has 0 spiro atoms. The number of hydrogen-bond donors (Lipinski definition) is 1. The third-order valence-electron chi connectivity index (χ3n) is 2.18. The summed E-state index contributed by atoms with van der Waals surface area (Å²) in [6.07, 6.45) is -5.20. The van der Waals surface area contributed by atoms with Crippen LogP contribution in [-0.2, 0) is 9.53 Å². The predicted molar refractivity (Wildman–Crippen MR) is 71.8 cm³/mol. The number of halogens is 4. The fourth-order valence-corrected chi connectivity index (χ4v) is 2.03. The first-order chi connectivity index (χ1) is 9.57. The van der Waals surface area contributed by atoms with Gasteiger partial charge in [-0.25, -0.2) is 4.79 Å². The summed E-state index contributed by atoms with van der Waals surface area (Å²) in [6, 6.07) is 1.78. The number of anilines is 1. The van der Waals surface area contributed by atoms with Crippen LogP contribution in [0.4, 0.5) is 24.5 Å². The van der Waals surface area contributed by atoms with Gasteiger partial charge in [0, 0.05) is 9.64 Å². The Morgan fingerprint density at radius 2 is 1.95 bits per heavy atom. The van der Waals surface area contributed by atoms with Gasteiger partial charge in [-0.2, -0.15) is 13.2 Å². The fourth-order valence-electron chi connectivity index (χ4n) is 1.28. The Morgan fingerprint density at radius 3 is 2.38 bits per heavy atom. The lowest BCUT2D eigenvalue weighted by Gasteiger charge is -2.11. The van der Waals surface area contributed by atoms with E-state index < -0.39 is 34.4 Å². The van der Waals surface area contributed by atoms with Crippen LogP contribution in [0.5, 0.6) is 0 Å². The van der Waals surface area contributed by atoms with E-state index in [0.717, 1.165) is 19.2 Å². The number of carbonyl (C=O) groups excluding carboxylic acids is 2. The number of carbonyl (C=O) groups is 2. The summed E-state index contributed by atoms with van der Waals surface area (Å²) < 4.78 is 40.9. The van der Waals surface area contributed by atoms with Gasteiger partial charge in [-0.05, 0) is 28.7 Å². The van der Waals surface area contributed by atoms with E-state index in [2.05, 4.69) is 4.74 Å². The van der Waals surface area contributed by atoms with Gasteiger partial charge in [0.25, 0.3) is 5.69 Å². The molecule has 0 radical (unpaired) electrons. The maximum absolute atomic E-state index is 12.2. The molecule has 1 amide bonds. The van der Waals surface area contributed by atoms with Crippen molar-refractivity contribution < 1.29 is 32.4 Å². The lowest BCUT2D eigenvalue weighted by atomic mass is 10.1. The number of rotatable bonds is 3. The second-order valence-corrected chi connectivity index (χ2v) is 4.71. The number of hydrogen-bond acceptors (Lipinski definition) is 5. The average molecular weight is 418 g/mol. The molecular weight excluding hydrogens is 412 g/mol. The van der Waals surface area contributed by atoms with Crippen LogP contribution in [0.25, 0.3) is 0 Å². The van der Waals surface area contributed by atoms with Crippen molar-refractivity contribution in [3.05, 3.63) is 31.4 Å². The maximum atomic E-state index is 12.2. The van der Waals surface area contributed by atoms with Crippen molar-refractivity contribution in [1.29, 1.82) is 0 Å². The highest BCUT2D eigenvalue weighted by molar-refractivity contribution is 14.1. The molecule has 1 aromatic rings. The number of methoxy groups -OCH3 is 1. The van der Waals surface area contributed by atoms with Crippen LogP contribution in [0.15, 0.2) is 12.1 Å². The van der Waals surface area contributed by atoms with Gasteiger partial charge in [0.15, 0.2) is 0 Å². The minimum Gasteiger partial charge on any atom is -0.465 e. The summed E-state index contributed by atoms with van der Waals surface area (Å²) in [7, 11) is 1.04. The molecule has 1 N–H and O–H groups in total. The molecule has 0 aliphatic heterocycles. The Labute approximate surface area is 128 Å². The van der Waals surface area contributed by atoms with Crippen LogP contribution in [0.1, 0.15) is 10.4 Å². The van der Waals surface area contributed by atoms with E-state index >= 15 is 0 Å². The van der Waals surface area contributed by atoms with Gasteiger partial charge in [0.2, 0.25) is 0 Å². The molecular formula is C10H6F3IN2O5. The highest BCUT2D eigenvalue weighted by Crippen LogP contribution is 2.33. The second kappa shape index (κ2) is 6.24. The van der Waals surface area contributed by atoms with E-state index in [1.807, 2.05) is 0 Å². The lowest BCUT2D eigenvalue weighted by Crippen LogP contribution is -2.30. The lowest BCUT2D eigenvalue weighted by molar-refractivity contribution is -0.384. The quantitative estimate of drug-likeness (QED) is 0.352. The number of benzene rings is 1. The topological polar surface area (TPSA) is 98.5 Å². The molecule has 0 saturated carbocycles. The number of nitro benzene ring substituents is 1. The Kier molecular flexibility index (Phi) is 5.09. The number of nitrogens with zero attached hydrogens (tertiary/aromatic N) is 1. The first-order valence-corrected chi connectivity index (χ1v) is 6.10. The molecule has 1 rings (SSSR count). The van der Waals surface area contributed by atoms with Crippen LogP contribution in [-0.4, -0.2) is 30.1 Å². The van der Waals surface area contributed by atoms with Gasteiger partial charge in [0.05, 0.1) is 17.6 Å². The standard InChI is InChI=1S/C10H6F3IN2O5/c1-21-8(17)4-2-5(14)7(6(3-4)16(19)20)15-9(18)10(11,12)13/h2-3H,1H3,(H,15,18). The third kappa shape index (κ3) is 4.03. The average Bonchev–Trinajstić information content (AvgIpc) is 2.38. The second-order valence-electron chi connectivity index (χ2n) is 3.55. The summed E-state index contributed by atoms with van der Waals surface area (Å²) in [5, 5.41) is 12.3. The molecule has 1 aromatic carbocycles. The minimum atomic E-state index is -5.20. The SMILES string of the molecule is COC(=O)c1cc(I)c(NC(=O)C(F)(F)F)c([N+](=O)[O-])c1. The summed E-state index contributed by atoms with van der Waals surface area (Å²) >= 11 is 1.46. The molecule has 0 aromatic heterocycles. The third-order valence-corrected chi connectivity index (χ3v) is 3.03. The number of nitrogens with one attached hydrogen (secondary N) is 1. The number of ether oxygens (including phenoxy) is 1. The van der Waals surface area contributed by atoms with Gasteiger partial charge >= 0.3 is 18.1 Å². The fraction of sp³-hybridized carbons (Fsp3) is 0.200. The molecule has 7 nitrogen and oxygen atoms in total. The first kappa shape index (κ1) is 17.1. The van der Waals surface area contributed by atoms with Gasteiger partial charge in [0.1, 0.15) is 5.69 Å². The highest BCUT2D eigenvalue weighted by Gasteiger charge is 2.40. The summed E-state index contributed by atoms with van der Waals surface area (Å²) in [5.41, 5.74) is -1.71. The monoisotopic (exact) mass is 418 g/mol. The smallest absolute Gasteiger partial charge is 0.465 e. The van der Waals surface area contributed by atoms with E-state index in [9.17, 15) is 32.9 Å². The molecule has 11 heteroatoms. The number of alkyl halides is 3. The van der Waals surface area contributed by atoms with Crippen molar-refractivity contribution in [2.75, 3.05) is 12.4 Å². The van der Waals surface area contributed by atoms with E-state index in [4.69, 9.17) is 0 Å². The van der Waals surface area contributed by atoms with Gasteiger partial charge in [-0.15, -0.1) is 0 Å². The van der Waals surface area contributed by atoms with Crippen LogP contribution in [0.2, 0.25) is 0 Å². The molecule has 0 saturated heterocycles. The maximum Gasteiger partial charge on any atom is 0.471 e. The van der Waals surface area contributed by atoms with Crippen LogP contribution in [0.3, 0.4) is 0 Å². The Balaban J connectivity index is 3.35. The molecule has 0 unspecified atom stereocenters. The Bertz CT molecular complexity index is 617. The van der Waals surface area contributed by atoms with E-state index in [1.54, 1.807) is 0 Å². The molecule has 114 valence electrons. The zero-order valence-electron chi connectivity index (χ0n) is 10.2. The highest BCUT2D eigenvalue weighted by atomic mass is 127. The van der Waals surface area contributed by atoms with E-state index in [1.165, 1.54) is 27.9 Å². The largest absolute Gasteiger partial charge is 0.471 e. The zero-order chi connectivity index (χ0) is 16.4. The normalized spacial score (nSPS) is 10.9. The van der Waals surface area contributed by atoms with Crippen LogP contribution in [0, 0.1) is 13.7 Å². The van der Waals surface area contributed by atoms with Gasteiger partial charge < -0.3 is 10.1 Å². The summed E-state index contributed by atoms with van der Waals surface area (Å²) in [4.78, 5) is 32.1. The van der Waals surface area contributed by atoms with Crippen molar-refractivity contribution in [3.8, 4) is 0 Å².